The first-order valence-electron chi connectivity index (χ1n) is 8.65. The molecule has 0 bridgehead atoms. The van der Waals surface area contributed by atoms with E-state index in [9.17, 15) is 18.0 Å². The van der Waals surface area contributed by atoms with Crippen LogP contribution in [-0.2, 0) is 26.0 Å². The topological polar surface area (TPSA) is 108 Å². The highest BCUT2D eigenvalue weighted by molar-refractivity contribution is 7.92. The van der Waals surface area contributed by atoms with Crippen LogP contribution < -0.4 is 14.2 Å². The monoisotopic (exact) mass is 421 g/mol. The number of nitrogens with one attached hydrogen (secondary N) is 1. The normalized spacial score (nSPS) is 12.0. The van der Waals surface area contributed by atoms with E-state index in [1.54, 1.807) is 18.2 Å². The molecule has 0 aliphatic carbocycles. The van der Waals surface area contributed by atoms with Gasteiger partial charge in [-0.1, -0.05) is 6.07 Å². The smallest absolute Gasteiger partial charge is 0.311 e. The number of rotatable bonds is 9. The number of hydrogen-bond donors (Lipinski definition) is 1. The maximum Gasteiger partial charge on any atom is 0.311 e. The van der Waals surface area contributed by atoms with Crippen LogP contribution in [0.4, 0.5) is 5.69 Å². The van der Waals surface area contributed by atoms with Crippen LogP contribution in [0.2, 0.25) is 0 Å². The van der Waals surface area contributed by atoms with Crippen molar-refractivity contribution < 1.29 is 32.2 Å². The molecule has 1 unspecified atom stereocenters. The van der Waals surface area contributed by atoms with Crippen molar-refractivity contribution in [2.45, 2.75) is 19.4 Å². The average Bonchev–Trinajstić information content (AvgIpc) is 2.67. The Balaban J connectivity index is 2.01. The van der Waals surface area contributed by atoms with Crippen molar-refractivity contribution in [1.82, 2.24) is 0 Å². The largest absolute Gasteiger partial charge is 0.497 e. The lowest BCUT2D eigenvalue weighted by molar-refractivity contribution is -0.145. The Kier molecular flexibility index (Phi) is 7.22. The van der Waals surface area contributed by atoms with E-state index in [1.807, 2.05) is 0 Å². The first-order valence-corrected chi connectivity index (χ1v) is 10.5. The zero-order valence-corrected chi connectivity index (χ0v) is 17.4. The van der Waals surface area contributed by atoms with Crippen LogP contribution in [0, 0.1) is 0 Å². The SMILES string of the molecule is COc1ccc(CC(=O)OC(C)C(=O)c2ccc(NS(C)(=O)=O)cc2)c(OC)c1. The summed E-state index contributed by atoms with van der Waals surface area (Å²) in [5.74, 6) is 0.0983. The summed E-state index contributed by atoms with van der Waals surface area (Å²) in [5.41, 5.74) is 1.24. The lowest BCUT2D eigenvalue weighted by Gasteiger charge is -2.14. The third-order valence-electron chi connectivity index (χ3n) is 3.98. The van der Waals surface area contributed by atoms with Gasteiger partial charge in [-0.25, -0.2) is 8.42 Å². The number of carbonyl (C=O) groups excluding carboxylic acids is 2. The summed E-state index contributed by atoms with van der Waals surface area (Å²) in [5, 5.41) is 0. The zero-order valence-electron chi connectivity index (χ0n) is 16.6. The molecular weight excluding hydrogens is 398 g/mol. The van der Waals surface area contributed by atoms with Gasteiger partial charge in [-0.15, -0.1) is 0 Å². The van der Waals surface area contributed by atoms with Gasteiger partial charge >= 0.3 is 5.97 Å². The van der Waals surface area contributed by atoms with E-state index < -0.39 is 27.9 Å². The van der Waals surface area contributed by atoms with Crippen LogP contribution in [0.25, 0.3) is 0 Å². The van der Waals surface area contributed by atoms with Gasteiger partial charge in [0.05, 0.1) is 26.9 Å². The minimum atomic E-state index is -3.40. The zero-order chi connectivity index (χ0) is 21.6. The second-order valence-electron chi connectivity index (χ2n) is 6.30. The molecule has 2 rings (SSSR count). The maximum atomic E-state index is 12.5. The number of ether oxygens (including phenoxy) is 3. The summed E-state index contributed by atoms with van der Waals surface area (Å²) < 4.78 is 40.4. The summed E-state index contributed by atoms with van der Waals surface area (Å²) in [6.45, 7) is 1.48. The first-order chi connectivity index (χ1) is 13.6. The fourth-order valence-corrected chi connectivity index (χ4v) is 3.16. The lowest BCUT2D eigenvalue weighted by Crippen LogP contribution is -2.25. The molecule has 0 saturated heterocycles. The molecule has 29 heavy (non-hydrogen) atoms. The summed E-state index contributed by atoms with van der Waals surface area (Å²) in [6, 6.07) is 10.9. The quantitative estimate of drug-likeness (QED) is 0.489. The van der Waals surface area contributed by atoms with Crippen LogP contribution in [0.1, 0.15) is 22.8 Å². The Hall–Kier alpha value is -3.07. The van der Waals surface area contributed by atoms with E-state index in [1.165, 1.54) is 45.4 Å². The predicted octanol–water partition coefficient (Wildman–Crippen LogP) is 2.43. The Morgan fingerprint density at radius 3 is 2.24 bits per heavy atom. The van der Waals surface area contributed by atoms with Crippen molar-refractivity contribution in [3.8, 4) is 11.5 Å². The number of sulfonamides is 1. The van der Waals surface area contributed by atoms with Gasteiger partial charge in [-0.2, -0.15) is 0 Å². The van der Waals surface area contributed by atoms with Crippen LogP contribution in [0.5, 0.6) is 11.5 Å². The lowest BCUT2D eigenvalue weighted by atomic mass is 10.1. The van der Waals surface area contributed by atoms with E-state index in [4.69, 9.17) is 14.2 Å². The standard InChI is InChI=1S/C20H23NO7S/c1-13(20(23)14-5-8-16(9-6-14)21-29(4,24)25)28-19(22)11-15-7-10-17(26-2)12-18(15)27-3/h5-10,12-13,21H,11H2,1-4H3. The first kappa shape index (κ1) is 22.2. The molecule has 2 aromatic carbocycles. The molecule has 9 heteroatoms. The third-order valence-corrected chi connectivity index (χ3v) is 4.59. The Morgan fingerprint density at radius 1 is 1.03 bits per heavy atom. The molecule has 156 valence electrons. The number of hydrogen-bond acceptors (Lipinski definition) is 7. The third kappa shape index (κ3) is 6.49. The molecule has 1 N–H and O–H groups in total. The number of ketones is 1. The van der Waals surface area contributed by atoms with Crippen LogP contribution in [0.3, 0.4) is 0 Å². The van der Waals surface area contributed by atoms with E-state index in [-0.39, 0.29) is 6.42 Å². The number of benzene rings is 2. The second-order valence-corrected chi connectivity index (χ2v) is 8.05. The van der Waals surface area contributed by atoms with Gasteiger partial charge in [0.2, 0.25) is 15.8 Å². The molecule has 2 aromatic rings. The number of methoxy groups -OCH3 is 2. The van der Waals surface area contributed by atoms with Gasteiger partial charge in [0.1, 0.15) is 11.5 Å². The number of carbonyl (C=O) groups is 2. The minimum absolute atomic E-state index is 0.0675. The highest BCUT2D eigenvalue weighted by atomic mass is 32.2. The minimum Gasteiger partial charge on any atom is -0.497 e. The molecule has 0 saturated carbocycles. The highest BCUT2D eigenvalue weighted by Crippen LogP contribution is 2.25. The maximum absolute atomic E-state index is 12.5. The van der Waals surface area contributed by atoms with Crippen molar-refractivity contribution in [2.75, 3.05) is 25.2 Å². The van der Waals surface area contributed by atoms with Gasteiger partial charge in [-0.3, -0.25) is 14.3 Å². The molecular formula is C20H23NO7S. The number of Topliss-reactive ketones (excluding diaryl/α,β-unsaturated/α-hetero) is 1. The molecule has 0 fully saturated rings. The van der Waals surface area contributed by atoms with E-state index in [0.717, 1.165) is 6.26 Å². The highest BCUT2D eigenvalue weighted by Gasteiger charge is 2.21. The molecule has 8 nitrogen and oxygen atoms in total. The van der Waals surface area contributed by atoms with Crippen molar-refractivity contribution in [1.29, 1.82) is 0 Å². The molecule has 0 spiro atoms. The van der Waals surface area contributed by atoms with Crippen LogP contribution >= 0.6 is 0 Å². The fraction of sp³-hybridized carbons (Fsp3) is 0.300. The Labute approximate surface area is 169 Å². The van der Waals surface area contributed by atoms with Crippen molar-refractivity contribution >= 4 is 27.5 Å². The van der Waals surface area contributed by atoms with Crippen LogP contribution in [-0.4, -0.2) is 46.7 Å². The van der Waals surface area contributed by atoms with E-state index >= 15 is 0 Å². The summed E-state index contributed by atoms with van der Waals surface area (Å²) >= 11 is 0. The van der Waals surface area contributed by atoms with Crippen molar-refractivity contribution in [3.05, 3.63) is 53.6 Å². The fourth-order valence-electron chi connectivity index (χ4n) is 2.60. The van der Waals surface area contributed by atoms with Gasteiger partial charge in [0, 0.05) is 22.9 Å². The van der Waals surface area contributed by atoms with Gasteiger partial charge in [-0.05, 0) is 37.3 Å². The van der Waals surface area contributed by atoms with Crippen molar-refractivity contribution in [3.63, 3.8) is 0 Å². The second kappa shape index (κ2) is 9.42. The molecule has 0 aliphatic heterocycles. The molecule has 0 aliphatic rings. The van der Waals surface area contributed by atoms with E-state index in [2.05, 4.69) is 4.72 Å². The molecule has 0 heterocycles. The molecule has 0 aromatic heterocycles. The van der Waals surface area contributed by atoms with Gasteiger partial charge < -0.3 is 14.2 Å². The summed E-state index contributed by atoms with van der Waals surface area (Å²) in [6.07, 6.45) is -0.0339. The molecule has 0 radical (unpaired) electrons. The van der Waals surface area contributed by atoms with Gasteiger partial charge in [0.25, 0.3) is 0 Å². The van der Waals surface area contributed by atoms with Gasteiger partial charge in [0.15, 0.2) is 6.10 Å². The predicted molar refractivity (Wildman–Crippen MR) is 108 cm³/mol. The van der Waals surface area contributed by atoms with Crippen LogP contribution in [0.15, 0.2) is 42.5 Å². The summed E-state index contributed by atoms with van der Waals surface area (Å²) in [4.78, 5) is 24.7. The average molecular weight is 421 g/mol. The number of anilines is 1. The Morgan fingerprint density at radius 2 is 1.69 bits per heavy atom. The molecule has 0 amide bonds. The van der Waals surface area contributed by atoms with Crippen molar-refractivity contribution in [2.24, 2.45) is 0 Å². The summed E-state index contributed by atoms with van der Waals surface area (Å²) in [7, 11) is -0.393. The Bertz CT molecular complexity index is 984. The van der Waals surface area contributed by atoms with E-state index in [0.29, 0.717) is 28.3 Å². The molecule has 1 atom stereocenters. The number of esters is 1.